The van der Waals surface area contributed by atoms with Crippen LogP contribution in [0.15, 0.2) is 73.1 Å². The lowest BCUT2D eigenvalue weighted by Gasteiger charge is -2.11. The smallest absolute Gasteiger partial charge is 0.340 e. The first-order valence-electron chi connectivity index (χ1n) is 10.6. The average molecular weight is 453 g/mol. The molecule has 1 heterocycles. The van der Waals surface area contributed by atoms with E-state index in [2.05, 4.69) is 26.9 Å². The number of hydrogen-bond acceptors (Lipinski definition) is 7. The van der Waals surface area contributed by atoms with Crippen LogP contribution in [0.4, 0.5) is 5.69 Å². The standard InChI is InChI=1S/C25H19N5O4/c31-23(18-10-9-17-11-16-5-1-2-6-19(16)21(17)12-18)14-34-25(33)20-7-3-4-8-22(20)27-24(32)13-30-15-26-28-29-30/h1-10,12,15H,11,13-14H2,(H,27,32). The highest BCUT2D eigenvalue weighted by molar-refractivity contribution is 6.03. The third-order valence-corrected chi connectivity index (χ3v) is 5.57. The molecular formula is C25H19N5O4. The van der Waals surface area contributed by atoms with E-state index in [0.29, 0.717) is 5.56 Å². The van der Waals surface area contributed by atoms with Gasteiger partial charge in [0.2, 0.25) is 5.91 Å². The summed E-state index contributed by atoms with van der Waals surface area (Å²) in [4.78, 5) is 37.7. The van der Waals surface area contributed by atoms with Gasteiger partial charge in [-0.05, 0) is 57.3 Å². The molecule has 0 saturated heterocycles. The van der Waals surface area contributed by atoms with E-state index in [1.807, 2.05) is 30.3 Å². The lowest BCUT2D eigenvalue weighted by atomic mass is 10.0. The van der Waals surface area contributed by atoms with Crippen molar-refractivity contribution in [3.63, 3.8) is 0 Å². The molecule has 0 radical (unpaired) electrons. The SMILES string of the molecule is O=C(Cn1cnnn1)Nc1ccccc1C(=O)OCC(=O)c1ccc2c(c1)-c1ccccc1C2. The van der Waals surface area contributed by atoms with Crippen LogP contribution in [-0.2, 0) is 22.5 Å². The predicted molar refractivity (Wildman–Crippen MR) is 122 cm³/mol. The van der Waals surface area contributed by atoms with Crippen LogP contribution in [0.3, 0.4) is 0 Å². The second-order valence-electron chi connectivity index (χ2n) is 7.81. The predicted octanol–water partition coefficient (Wildman–Crippen LogP) is 2.92. The summed E-state index contributed by atoms with van der Waals surface area (Å²) in [6, 6.07) is 20.1. The number of hydrogen-bond donors (Lipinski definition) is 1. The number of carbonyl (C=O) groups excluding carboxylic acids is 3. The van der Waals surface area contributed by atoms with Gasteiger partial charge in [0.1, 0.15) is 12.9 Å². The molecule has 0 atom stereocenters. The Balaban J connectivity index is 1.25. The molecule has 0 spiro atoms. The number of anilines is 1. The maximum Gasteiger partial charge on any atom is 0.340 e. The summed E-state index contributed by atoms with van der Waals surface area (Å²) in [5, 5.41) is 13.2. The molecule has 9 nitrogen and oxygen atoms in total. The quantitative estimate of drug-likeness (QED) is 0.297. The fourth-order valence-corrected chi connectivity index (χ4v) is 3.95. The minimum absolute atomic E-state index is 0.115. The maximum absolute atomic E-state index is 12.8. The fraction of sp³-hybridized carbons (Fsp3) is 0.120. The Hall–Kier alpha value is -4.66. The van der Waals surface area contributed by atoms with Gasteiger partial charge in [-0.1, -0.05) is 48.5 Å². The highest BCUT2D eigenvalue weighted by Gasteiger charge is 2.21. The number of tetrazole rings is 1. The van der Waals surface area contributed by atoms with Crippen LogP contribution in [0.2, 0.25) is 0 Å². The summed E-state index contributed by atoms with van der Waals surface area (Å²) in [7, 11) is 0. The molecule has 168 valence electrons. The summed E-state index contributed by atoms with van der Waals surface area (Å²) in [6.45, 7) is -0.525. The number of amides is 1. The van der Waals surface area contributed by atoms with Crippen LogP contribution in [0.25, 0.3) is 11.1 Å². The molecule has 1 aromatic heterocycles. The molecule has 0 saturated carbocycles. The third kappa shape index (κ3) is 4.31. The zero-order chi connectivity index (χ0) is 23.5. The Bertz CT molecular complexity index is 1400. The summed E-state index contributed by atoms with van der Waals surface area (Å²) < 4.78 is 6.54. The number of Topliss-reactive ketones (excluding diaryl/α,β-unsaturated/α-hetero) is 1. The lowest BCUT2D eigenvalue weighted by Crippen LogP contribution is -2.21. The van der Waals surface area contributed by atoms with Crippen LogP contribution in [0.5, 0.6) is 0 Å². The van der Waals surface area contributed by atoms with Gasteiger partial charge in [-0.3, -0.25) is 9.59 Å². The number of nitrogens with zero attached hydrogens (tertiary/aromatic N) is 4. The molecule has 0 fully saturated rings. The minimum atomic E-state index is -0.710. The Morgan fingerprint density at radius 2 is 1.74 bits per heavy atom. The zero-order valence-electron chi connectivity index (χ0n) is 18.0. The lowest BCUT2D eigenvalue weighted by molar-refractivity contribution is -0.116. The summed E-state index contributed by atoms with van der Waals surface area (Å²) in [5.74, 6) is -1.43. The number of benzene rings is 3. The van der Waals surface area contributed by atoms with Crippen molar-refractivity contribution in [2.45, 2.75) is 13.0 Å². The molecule has 9 heteroatoms. The fourth-order valence-electron chi connectivity index (χ4n) is 3.95. The Kier molecular flexibility index (Phi) is 5.65. The number of aromatic nitrogens is 4. The number of carbonyl (C=O) groups is 3. The topological polar surface area (TPSA) is 116 Å². The highest BCUT2D eigenvalue weighted by atomic mass is 16.5. The van der Waals surface area contributed by atoms with E-state index in [-0.39, 0.29) is 23.6 Å². The van der Waals surface area contributed by atoms with Crippen molar-refractivity contribution in [3.05, 3.63) is 95.3 Å². The molecule has 3 aromatic carbocycles. The molecule has 5 rings (SSSR count). The molecule has 0 unspecified atom stereocenters. The first-order chi connectivity index (χ1) is 16.6. The number of para-hydroxylation sites is 1. The molecule has 4 aromatic rings. The van der Waals surface area contributed by atoms with Crippen molar-refractivity contribution in [1.29, 1.82) is 0 Å². The number of esters is 1. The monoisotopic (exact) mass is 453 g/mol. The van der Waals surface area contributed by atoms with Crippen LogP contribution < -0.4 is 5.32 Å². The first kappa shape index (κ1) is 21.2. The van der Waals surface area contributed by atoms with Crippen LogP contribution in [0.1, 0.15) is 31.8 Å². The van der Waals surface area contributed by atoms with Crippen LogP contribution >= 0.6 is 0 Å². The van der Waals surface area contributed by atoms with Gasteiger partial charge in [0.25, 0.3) is 0 Å². The Morgan fingerprint density at radius 3 is 2.59 bits per heavy atom. The summed E-state index contributed by atoms with van der Waals surface area (Å²) in [6.07, 6.45) is 2.15. The number of fused-ring (bicyclic) bond motifs is 3. The minimum Gasteiger partial charge on any atom is -0.454 e. The van der Waals surface area contributed by atoms with Crippen molar-refractivity contribution in [2.75, 3.05) is 11.9 Å². The molecular weight excluding hydrogens is 434 g/mol. The van der Waals surface area contributed by atoms with Gasteiger partial charge in [0.05, 0.1) is 11.3 Å². The van der Waals surface area contributed by atoms with Gasteiger partial charge in [-0.2, -0.15) is 0 Å². The van der Waals surface area contributed by atoms with Gasteiger partial charge in [0.15, 0.2) is 12.4 Å². The zero-order valence-corrected chi connectivity index (χ0v) is 18.0. The van der Waals surface area contributed by atoms with Crippen molar-refractivity contribution in [2.24, 2.45) is 0 Å². The summed E-state index contributed by atoms with van der Waals surface area (Å²) >= 11 is 0. The Labute approximate surface area is 194 Å². The normalized spacial score (nSPS) is 11.4. The molecule has 34 heavy (non-hydrogen) atoms. The third-order valence-electron chi connectivity index (χ3n) is 5.57. The van der Waals surface area contributed by atoms with Crippen LogP contribution in [0, 0.1) is 0 Å². The number of ether oxygens (including phenoxy) is 1. The van der Waals surface area contributed by atoms with E-state index in [1.54, 1.807) is 24.3 Å². The average Bonchev–Trinajstić information content (AvgIpc) is 3.49. The van der Waals surface area contributed by atoms with E-state index in [0.717, 1.165) is 17.5 Å². The molecule has 1 aliphatic carbocycles. The van der Waals surface area contributed by atoms with E-state index in [4.69, 9.17) is 4.74 Å². The number of nitrogens with one attached hydrogen (secondary N) is 1. The van der Waals surface area contributed by atoms with Gasteiger partial charge >= 0.3 is 5.97 Å². The second-order valence-corrected chi connectivity index (χ2v) is 7.81. The van der Waals surface area contributed by atoms with Crippen molar-refractivity contribution in [3.8, 4) is 11.1 Å². The molecule has 1 amide bonds. The highest BCUT2D eigenvalue weighted by Crippen LogP contribution is 2.36. The largest absolute Gasteiger partial charge is 0.454 e. The number of rotatable bonds is 7. The van der Waals surface area contributed by atoms with E-state index in [9.17, 15) is 14.4 Å². The van der Waals surface area contributed by atoms with E-state index in [1.165, 1.54) is 28.2 Å². The second kappa shape index (κ2) is 9.07. The Morgan fingerprint density at radius 1 is 0.941 bits per heavy atom. The molecule has 1 aliphatic rings. The van der Waals surface area contributed by atoms with Gasteiger partial charge in [-0.15, -0.1) is 5.10 Å². The van der Waals surface area contributed by atoms with E-state index >= 15 is 0 Å². The van der Waals surface area contributed by atoms with Crippen molar-refractivity contribution < 1.29 is 19.1 Å². The molecule has 0 bridgehead atoms. The van der Waals surface area contributed by atoms with Gasteiger partial charge in [-0.25, -0.2) is 9.48 Å². The maximum atomic E-state index is 12.8. The van der Waals surface area contributed by atoms with Crippen molar-refractivity contribution in [1.82, 2.24) is 20.2 Å². The van der Waals surface area contributed by atoms with Gasteiger partial charge < -0.3 is 10.1 Å². The molecule has 0 aliphatic heterocycles. The van der Waals surface area contributed by atoms with E-state index < -0.39 is 18.5 Å². The van der Waals surface area contributed by atoms with Crippen LogP contribution in [-0.4, -0.2) is 44.5 Å². The summed E-state index contributed by atoms with van der Waals surface area (Å²) in [5.41, 5.74) is 5.44. The first-order valence-corrected chi connectivity index (χ1v) is 10.6. The number of ketones is 1. The molecule has 1 N–H and O–H groups in total. The van der Waals surface area contributed by atoms with Crippen molar-refractivity contribution >= 4 is 23.3 Å². The van der Waals surface area contributed by atoms with Gasteiger partial charge in [0, 0.05) is 5.56 Å².